The molecule has 4 rings (SSSR count). The van der Waals surface area contributed by atoms with E-state index >= 15 is 0 Å². The number of halogens is 1. The Balaban J connectivity index is 1.34. The number of nitrogens with two attached hydrogens (primary N) is 1. The molecule has 2 heterocycles. The maximum Gasteiger partial charge on any atom is 0.240 e. The number of primary amides is 1. The van der Waals surface area contributed by atoms with Crippen molar-refractivity contribution in [3.8, 4) is 0 Å². The molecule has 3 fully saturated rings. The average molecular weight is 519 g/mol. The molecule has 0 radical (unpaired) electrons. The number of piperazine rings is 1. The predicted octanol–water partition coefficient (Wildman–Crippen LogP) is 0.463. The van der Waals surface area contributed by atoms with Gasteiger partial charge in [-0.05, 0) is 37.0 Å². The Labute approximate surface area is 216 Å². The number of hydrogen-bond donors (Lipinski definition) is 3. The Hall–Kier alpha value is -2.69. The van der Waals surface area contributed by atoms with Crippen molar-refractivity contribution in [1.82, 2.24) is 25.3 Å². The van der Waals surface area contributed by atoms with E-state index in [4.69, 9.17) is 17.3 Å². The van der Waals surface area contributed by atoms with Gasteiger partial charge in [-0.15, -0.1) is 0 Å². The molecule has 1 aromatic carbocycles. The summed E-state index contributed by atoms with van der Waals surface area (Å²) in [6, 6.07) is 6.68. The second-order valence-electron chi connectivity index (χ2n) is 9.96. The van der Waals surface area contributed by atoms with Crippen molar-refractivity contribution < 1.29 is 19.2 Å². The number of carbonyl (C=O) groups excluding carboxylic acids is 4. The van der Waals surface area contributed by atoms with Crippen LogP contribution in [0.4, 0.5) is 0 Å². The van der Waals surface area contributed by atoms with Crippen molar-refractivity contribution in [3.05, 3.63) is 34.9 Å². The summed E-state index contributed by atoms with van der Waals surface area (Å²) in [4.78, 5) is 55.3. The van der Waals surface area contributed by atoms with Crippen LogP contribution in [-0.2, 0) is 19.2 Å². The number of fused-ring (bicyclic) bond motifs is 1. The van der Waals surface area contributed by atoms with Crippen LogP contribution >= 0.6 is 11.6 Å². The second kappa shape index (κ2) is 11.6. The summed E-state index contributed by atoms with van der Waals surface area (Å²) in [7, 11) is 0. The zero-order valence-corrected chi connectivity index (χ0v) is 21.4. The van der Waals surface area contributed by atoms with Crippen LogP contribution in [-0.4, -0.2) is 89.8 Å². The van der Waals surface area contributed by atoms with E-state index in [1.54, 1.807) is 36.1 Å². The molecule has 4 N–H and O–H groups in total. The highest BCUT2D eigenvalue weighted by Crippen LogP contribution is 2.32. The Morgan fingerprint density at radius 1 is 1.14 bits per heavy atom. The lowest BCUT2D eigenvalue weighted by Crippen LogP contribution is -2.62. The number of benzene rings is 1. The topological polar surface area (TPSA) is 128 Å². The number of amides is 4. The van der Waals surface area contributed by atoms with E-state index in [1.165, 1.54) is 0 Å². The van der Waals surface area contributed by atoms with Crippen molar-refractivity contribution in [2.24, 2.45) is 11.7 Å². The molecule has 0 spiro atoms. The Morgan fingerprint density at radius 3 is 2.47 bits per heavy atom. The van der Waals surface area contributed by atoms with E-state index < -0.39 is 11.9 Å². The molecule has 2 aliphatic heterocycles. The van der Waals surface area contributed by atoms with Crippen LogP contribution < -0.4 is 16.4 Å². The van der Waals surface area contributed by atoms with Crippen LogP contribution in [0.5, 0.6) is 0 Å². The van der Waals surface area contributed by atoms with E-state index in [1.807, 2.05) is 4.90 Å². The van der Waals surface area contributed by atoms with Gasteiger partial charge in [0.1, 0.15) is 6.54 Å². The molecule has 2 saturated heterocycles. The number of nitrogens with zero attached hydrogens (tertiary/aromatic N) is 3. The van der Waals surface area contributed by atoms with Gasteiger partial charge < -0.3 is 20.9 Å². The number of hydrogen-bond acceptors (Lipinski definition) is 6. The van der Waals surface area contributed by atoms with Crippen molar-refractivity contribution in [2.75, 3.05) is 39.4 Å². The van der Waals surface area contributed by atoms with Gasteiger partial charge >= 0.3 is 0 Å². The van der Waals surface area contributed by atoms with Gasteiger partial charge in [-0.1, -0.05) is 23.7 Å². The first-order valence-electron chi connectivity index (χ1n) is 12.6. The summed E-state index contributed by atoms with van der Waals surface area (Å²) in [5, 5.41) is 6.84. The van der Waals surface area contributed by atoms with Gasteiger partial charge in [-0.2, -0.15) is 0 Å². The summed E-state index contributed by atoms with van der Waals surface area (Å²) < 4.78 is 0. The minimum Gasteiger partial charge on any atom is -0.370 e. The van der Waals surface area contributed by atoms with Crippen LogP contribution in [0.2, 0.25) is 5.02 Å². The third-order valence-electron chi connectivity index (χ3n) is 7.62. The van der Waals surface area contributed by atoms with E-state index in [-0.39, 0.29) is 42.6 Å². The summed E-state index contributed by atoms with van der Waals surface area (Å²) in [5.74, 6) is -0.982. The van der Waals surface area contributed by atoms with E-state index in [0.29, 0.717) is 17.7 Å². The Bertz CT molecular complexity index is 981. The van der Waals surface area contributed by atoms with Crippen molar-refractivity contribution in [2.45, 2.75) is 50.7 Å². The molecule has 196 valence electrons. The number of carbonyl (C=O) groups is 4. The lowest BCUT2D eigenvalue weighted by Gasteiger charge is -2.47. The molecular formula is C25H35ClN6O4. The van der Waals surface area contributed by atoms with E-state index in [2.05, 4.69) is 15.5 Å². The van der Waals surface area contributed by atoms with E-state index in [0.717, 1.165) is 51.0 Å². The summed E-state index contributed by atoms with van der Waals surface area (Å²) in [6.45, 7) is 4.90. The molecule has 1 saturated carbocycles. The van der Waals surface area contributed by atoms with Gasteiger partial charge in [0, 0.05) is 50.2 Å². The van der Waals surface area contributed by atoms with Gasteiger partial charge in [-0.25, -0.2) is 0 Å². The molecule has 1 aromatic rings. The average Bonchev–Trinajstić information content (AvgIpc) is 2.85. The fourth-order valence-corrected chi connectivity index (χ4v) is 5.76. The monoisotopic (exact) mass is 518 g/mol. The molecule has 11 heteroatoms. The van der Waals surface area contributed by atoms with Crippen molar-refractivity contribution in [1.29, 1.82) is 0 Å². The molecule has 0 bridgehead atoms. The first kappa shape index (κ1) is 26.4. The van der Waals surface area contributed by atoms with Crippen LogP contribution in [0.25, 0.3) is 0 Å². The third-order valence-corrected chi connectivity index (χ3v) is 7.87. The first-order valence-corrected chi connectivity index (χ1v) is 12.9. The van der Waals surface area contributed by atoms with Gasteiger partial charge in [0.25, 0.3) is 0 Å². The van der Waals surface area contributed by atoms with Crippen LogP contribution in [0, 0.1) is 5.92 Å². The summed E-state index contributed by atoms with van der Waals surface area (Å²) in [5.41, 5.74) is 6.12. The quantitative estimate of drug-likeness (QED) is 0.481. The second-order valence-corrected chi connectivity index (χ2v) is 10.4. The molecule has 3 aliphatic rings. The first-order chi connectivity index (χ1) is 17.2. The Kier molecular flexibility index (Phi) is 8.48. The SMILES string of the molecule is CC(=O)N1CCN(C2CCC3NCN(CC(=O)N[C@H](CC(N)=O)c4ccc(Cl)cc4)C(=O)C3C2)CC1. The molecule has 3 unspecified atom stereocenters. The molecule has 1 aliphatic carbocycles. The lowest BCUT2D eigenvalue weighted by atomic mass is 9.79. The molecule has 10 nitrogen and oxygen atoms in total. The molecule has 4 amide bonds. The number of nitrogens with one attached hydrogen (secondary N) is 2. The normalized spacial score (nSPS) is 25.7. The molecular weight excluding hydrogens is 484 g/mol. The van der Waals surface area contributed by atoms with E-state index in [9.17, 15) is 19.2 Å². The van der Waals surface area contributed by atoms with Gasteiger partial charge in [0.2, 0.25) is 23.6 Å². The zero-order chi connectivity index (χ0) is 25.8. The highest BCUT2D eigenvalue weighted by atomic mass is 35.5. The lowest BCUT2D eigenvalue weighted by molar-refractivity contribution is -0.146. The fraction of sp³-hybridized carbons (Fsp3) is 0.600. The maximum absolute atomic E-state index is 13.4. The van der Waals surface area contributed by atoms with Crippen LogP contribution in [0.3, 0.4) is 0 Å². The number of rotatable bonds is 7. The summed E-state index contributed by atoms with van der Waals surface area (Å²) >= 11 is 5.96. The minimum absolute atomic E-state index is 0.0149. The van der Waals surface area contributed by atoms with Crippen LogP contribution in [0.1, 0.15) is 44.2 Å². The largest absolute Gasteiger partial charge is 0.370 e. The van der Waals surface area contributed by atoms with Crippen molar-refractivity contribution >= 4 is 35.2 Å². The molecule has 36 heavy (non-hydrogen) atoms. The summed E-state index contributed by atoms with van der Waals surface area (Å²) in [6.07, 6.45) is 2.61. The minimum atomic E-state index is -0.597. The Morgan fingerprint density at radius 2 is 1.83 bits per heavy atom. The van der Waals surface area contributed by atoms with Gasteiger partial charge in [-0.3, -0.25) is 29.4 Å². The molecule has 0 aromatic heterocycles. The highest BCUT2D eigenvalue weighted by molar-refractivity contribution is 6.30. The van der Waals surface area contributed by atoms with Crippen molar-refractivity contribution in [3.63, 3.8) is 0 Å². The maximum atomic E-state index is 13.4. The fourth-order valence-electron chi connectivity index (χ4n) is 5.63. The zero-order valence-electron chi connectivity index (χ0n) is 20.6. The highest BCUT2D eigenvalue weighted by Gasteiger charge is 2.42. The molecule has 4 atom stereocenters. The standard InChI is InChI=1S/C25H35ClN6O4/c1-16(33)30-8-10-31(11-9-30)19-6-7-21-20(12-19)25(36)32(15-28-21)14-24(35)29-22(13-23(27)34)17-2-4-18(26)5-3-17/h2-5,19-22,28H,6-15H2,1H3,(H2,27,34)(H,29,35)/t19?,20?,21?,22-/m1/s1. The smallest absolute Gasteiger partial charge is 0.240 e. The predicted molar refractivity (Wildman–Crippen MR) is 135 cm³/mol. The third kappa shape index (κ3) is 6.35. The van der Waals surface area contributed by atoms with Gasteiger partial charge in [0.05, 0.1) is 25.0 Å². The van der Waals surface area contributed by atoms with Gasteiger partial charge in [0.15, 0.2) is 0 Å². The van der Waals surface area contributed by atoms with Crippen LogP contribution in [0.15, 0.2) is 24.3 Å².